The number of carbonyl (C=O) groups excluding carboxylic acids is 1. The first-order valence-electron chi connectivity index (χ1n) is 8.06. The van der Waals surface area contributed by atoms with E-state index in [1.165, 1.54) is 7.11 Å². The van der Waals surface area contributed by atoms with Crippen molar-refractivity contribution in [1.82, 2.24) is 9.88 Å². The number of amides is 1. The topological polar surface area (TPSA) is 62.7 Å². The van der Waals surface area contributed by atoms with Gasteiger partial charge in [0, 0.05) is 36.0 Å². The molecule has 5 heteroatoms. The van der Waals surface area contributed by atoms with Crippen molar-refractivity contribution < 1.29 is 14.6 Å². The Morgan fingerprint density at radius 3 is 3.09 bits per heavy atom. The van der Waals surface area contributed by atoms with E-state index in [4.69, 9.17) is 4.74 Å². The van der Waals surface area contributed by atoms with Gasteiger partial charge in [0.2, 0.25) is 0 Å². The second kappa shape index (κ2) is 6.21. The molecule has 0 radical (unpaired) electrons. The van der Waals surface area contributed by atoms with Crippen molar-refractivity contribution in [3.8, 4) is 11.8 Å². The van der Waals surface area contributed by atoms with E-state index in [2.05, 4.69) is 16.8 Å². The first-order chi connectivity index (χ1) is 11.0. The molecule has 1 aliphatic carbocycles. The molecule has 2 aliphatic rings. The van der Waals surface area contributed by atoms with E-state index >= 15 is 0 Å². The monoisotopic (exact) mass is 314 g/mol. The van der Waals surface area contributed by atoms with Crippen molar-refractivity contribution in [1.29, 1.82) is 0 Å². The fraction of sp³-hybridized carbons (Fsp3) is 0.556. The number of pyridine rings is 1. The number of nitrogens with zero attached hydrogens (tertiary/aromatic N) is 2. The minimum absolute atomic E-state index is 0.00853. The zero-order valence-electron chi connectivity index (χ0n) is 13.6. The summed E-state index contributed by atoms with van der Waals surface area (Å²) >= 11 is 0. The van der Waals surface area contributed by atoms with Crippen molar-refractivity contribution in [2.75, 3.05) is 13.7 Å². The van der Waals surface area contributed by atoms with Crippen LogP contribution in [-0.2, 0) is 4.74 Å². The van der Waals surface area contributed by atoms with Crippen LogP contribution in [0.25, 0.3) is 0 Å². The van der Waals surface area contributed by atoms with Gasteiger partial charge in [0.25, 0.3) is 0 Å². The van der Waals surface area contributed by atoms with Gasteiger partial charge >= 0.3 is 6.09 Å². The van der Waals surface area contributed by atoms with E-state index in [-0.39, 0.29) is 18.1 Å². The molecular weight excluding hydrogens is 292 g/mol. The molecule has 122 valence electrons. The van der Waals surface area contributed by atoms with Gasteiger partial charge in [-0.1, -0.05) is 11.8 Å². The van der Waals surface area contributed by atoms with E-state index in [1.807, 2.05) is 19.1 Å². The lowest BCUT2D eigenvalue weighted by Gasteiger charge is -2.39. The molecule has 0 aromatic carbocycles. The van der Waals surface area contributed by atoms with Gasteiger partial charge in [-0.3, -0.25) is 4.98 Å². The predicted molar refractivity (Wildman–Crippen MR) is 85.7 cm³/mol. The van der Waals surface area contributed by atoms with Gasteiger partial charge in [-0.2, -0.15) is 0 Å². The zero-order valence-corrected chi connectivity index (χ0v) is 13.6. The normalized spacial score (nSPS) is 29.4. The molecule has 23 heavy (non-hydrogen) atoms. The summed E-state index contributed by atoms with van der Waals surface area (Å²) in [6.45, 7) is 2.54. The second-order valence-corrected chi connectivity index (χ2v) is 6.38. The number of hydrogen-bond acceptors (Lipinski definition) is 4. The Morgan fingerprint density at radius 1 is 1.52 bits per heavy atom. The Balaban J connectivity index is 1.83. The number of methoxy groups -OCH3 is 1. The van der Waals surface area contributed by atoms with Crippen molar-refractivity contribution >= 4 is 6.09 Å². The van der Waals surface area contributed by atoms with Crippen LogP contribution in [0.3, 0.4) is 0 Å². The van der Waals surface area contributed by atoms with Crippen molar-refractivity contribution in [3.63, 3.8) is 0 Å². The van der Waals surface area contributed by atoms with Crippen LogP contribution in [0.15, 0.2) is 18.3 Å². The number of carbonyl (C=O) groups is 1. The van der Waals surface area contributed by atoms with E-state index in [1.54, 1.807) is 11.1 Å². The standard InChI is InChI=1S/C18H22N2O3/c1-13-12-14(6-10-19-13)5-9-18(22)8-3-4-16-15(18)7-11-20(16)17(21)23-2/h6,10,12,15-16,22H,3-4,7-8,11H2,1-2H3/t15?,16?,18-/m1/s1. The summed E-state index contributed by atoms with van der Waals surface area (Å²) < 4.78 is 4.86. The molecule has 2 fully saturated rings. The van der Waals surface area contributed by atoms with E-state index in [0.29, 0.717) is 13.0 Å². The summed E-state index contributed by atoms with van der Waals surface area (Å²) in [6.07, 6.45) is 4.59. The highest BCUT2D eigenvalue weighted by Crippen LogP contribution is 2.42. The highest BCUT2D eigenvalue weighted by atomic mass is 16.5. The van der Waals surface area contributed by atoms with Crippen LogP contribution >= 0.6 is 0 Å². The molecule has 1 aromatic heterocycles. The quantitative estimate of drug-likeness (QED) is 0.745. The molecule has 2 unspecified atom stereocenters. The SMILES string of the molecule is COC(=O)N1CCC2C1CCC[C@@]2(O)C#Cc1ccnc(C)c1. The average Bonchev–Trinajstić information content (AvgIpc) is 2.98. The van der Waals surface area contributed by atoms with Crippen molar-refractivity contribution in [2.24, 2.45) is 5.92 Å². The summed E-state index contributed by atoms with van der Waals surface area (Å²) in [5.41, 5.74) is 0.724. The van der Waals surface area contributed by atoms with Gasteiger partial charge in [-0.05, 0) is 44.7 Å². The molecule has 1 N–H and O–H groups in total. The Bertz CT molecular complexity index is 664. The molecule has 2 heterocycles. The third kappa shape index (κ3) is 3.04. The Labute approximate surface area is 136 Å². The maximum Gasteiger partial charge on any atom is 0.409 e. The first-order valence-corrected chi connectivity index (χ1v) is 8.06. The van der Waals surface area contributed by atoms with Crippen LogP contribution in [0.5, 0.6) is 0 Å². The van der Waals surface area contributed by atoms with Gasteiger partial charge in [-0.25, -0.2) is 4.79 Å². The van der Waals surface area contributed by atoms with Crippen LogP contribution in [0.2, 0.25) is 0 Å². The van der Waals surface area contributed by atoms with Gasteiger partial charge in [0.15, 0.2) is 0 Å². The predicted octanol–water partition coefficient (Wildman–Crippen LogP) is 2.11. The summed E-state index contributed by atoms with van der Waals surface area (Å²) in [6, 6.07) is 3.78. The fourth-order valence-electron chi connectivity index (χ4n) is 3.84. The smallest absolute Gasteiger partial charge is 0.409 e. The van der Waals surface area contributed by atoms with Gasteiger partial charge < -0.3 is 14.7 Å². The van der Waals surface area contributed by atoms with Crippen molar-refractivity contribution in [3.05, 3.63) is 29.6 Å². The minimum atomic E-state index is -1.04. The van der Waals surface area contributed by atoms with E-state index in [0.717, 1.165) is 30.5 Å². The third-order valence-corrected chi connectivity index (χ3v) is 4.95. The van der Waals surface area contributed by atoms with Crippen LogP contribution in [-0.4, -0.2) is 46.4 Å². The highest BCUT2D eigenvalue weighted by molar-refractivity contribution is 5.68. The molecule has 0 spiro atoms. The second-order valence-electron chi connectivity index (χ2n) is 6.38. The Hall–Kier alpha value is -2.06. The number of aryl methyl sites for hydroxylation is 1. The molecular formula is C18H22N2O3. The number of hydrogen-bond donors (Lipinski definition) is 1. The molecule has 1 aliphatic heterocycles. The zero-order chi connectivity index (χ0) is 16.4. The van der Waals surface area contributed by atoms with E-state index in [9.17, 15) is 9.90 Å². The molecule has 3 rings (SSSR count). The highest BCUT2D eigenvalue weighted by Gasteiger charge is 2.50. The maximum atomic E-state index is 11.9. The van der Waals surface area contributed by atoms with Gasteiger partial charge in [-0.15, -0.1) is 0 Å². The maximum absolute atomic E-state index is 11.9. The molecule has 1 saturated carbocycles. The van der Waals surface area contributed by atoms with Crippen molar-refractivity contribution in [2.45, 2.75) is 44.2 Å². The van der Waals surface area contributed by atoms with Crippen LogP contribution in [0, 0.1) is 24.7 Å². The van der Waals surface area contributed by atoms with Crippen LogP contribution < -0.4 is 0 Å². The minimum Gasteiger partial charge on any atom is -0.453 e. The third-order valence-electron chi connectivity index (χ3n) is 4.95. The lowest BCUT2D eigenvalue weighted by atomic mass is 9.73. The number of ether oxygens (including phenoxy) is 1. The molecule has 1 amide bonds. The number of rotatable bonds is 0. The number of likely N-dealkylation sites (tertiary alicyclic amines) is 1. The molecule has 0 bridgehead atoms. The molecule has 1 aromatic rings. The molecule has 3 atom stereocenters. The fourth-order valence-corrected chi connectivity index (χ4v) is 3.84. The van der Waals surface area contributed by atoms with Crippen LogP contribution in [0.1, 0.15) is 36.9 Å². The van der Waals surface area contributed by atoms with Gasteiger partial charge in [0.05, 0.1) is 7.11 Å². The molecule has 5 nitrogen and oxygen atoms in total. The Morgan fingerprint density at radius 2 is 2.35 bits per heavy atom. The average molecular weight is 314 g/mol. The Kier molecular flexibility index (Phi) is 4.27. The number of fused-ring (bicyclic) bond motifs is 1. The van der Waals surface area contributed by atoms with E-state index < -0.39 is 5.60 Å². The summed E-state index contributed by atoms with van der Waals surface area (Å²) in [4.78, 5) is 17.8. The first kappa shape index (κ1) is 15.8. The van der Waals surface area contributed by atoms with Crippen LogP contribution in [0.4, 0.5) is 4.79 Å². The number of aromatic nitrogens is 1. The largest absolute Gasteiger partial charge is 0.453 e. The van der Waals surface area contributed by atoms with Gasteiger partial charge in [0.1, 0.15) is 5.60 Å². The lowest BCUT2D eigenvalue weighted by molar-refractivity contribution is -0.0136. The summed E-state index contributed by atoms with van der Waals surface area (Å²) in [5, 5.41) is 11.1. The number of aliphatic hydroxyl groups is 1. The summed E-state index contributed by atoms with van der Waals surface area (Å²) in [5.74, 6) is 6.17. The molecule has 1 saturated heterocycles. The lowest BCUT2D eigenvalue weighted by Crippen LogP contribution is -2.49. The summed E-state index contributed by atoms with van der Waals surface area (Å²) in [7, 11) is 1.40.